The Morgan fingerprint density at radius 2 is 2.00 bits per heavy atom. The Labute approximate surface area is 158 Å². The van der Waals surface area contributed by atoms with Gasteiger partial charge in [-0.2, -0.15) is 0 Å². The summed E-state index contributed by atoms with van der Waals surface area (Å²) in [6, 6.07) is 0. The van der Waals surface area contributed by atoms with E-state index in [1.807, 2.05) is 0 Å². The first-order valence-electron chi connectivity index (χ1n) is 10.4. The van der Waals surface area contributed by atoms with Crippen molar-refractivity contribution in [3.8, 4) is 0 Å². The van der Waals surface area contributed by atoms with Crippen LogP contribution in [-0.2, 0) is 23.7 Å². The van der Waals surface area contributed by atoms with E-state index in [2.05, 4.69) is 20.8 Å². The van der Waals surface area contributed by atoms with E-state index in [0.29, 0.717) is 13.0 Å². The van der Waals surface area contributed by atoms with Crippen molar-refractivity contribution in [2.75, 3.05) is 6.61 Å². The molecule has 7 rings (SSSR count). The predicted molar refractivity (Wildman–Crippen MR) is 91.7 cm³/mol. The third kappa shape index (κ3) is 1.36. The normalized spacial score (nSPS) is 61.7. The van der Waals surface area contributed by atoms with Crippen molar-refractivity contribution in [3.63, 3.8) is 0 Å². The van der Waals surface area contributed by atoms with E-state index in [4.69, 9.17) is 18.9 Å². The van der Waals surface area contributed by atoms with E-state index in [1.165, 1.54) is 11.1 Å². The van der Waals surface area contributed by atoms with E-state index >= 15 is 0 Å². The lowest BCUT2D eigenvalue weighted by atomic mass is 9.46. The topological polar surface area (TPSA) is 84.1 Å². The summed E-state index contributed by atoms with van der Waals surface area (Å²) in [5.41, 5.74) is 0.843. The summed E-state index contributed by atoms with van der Waals surface area (Å²) in [6.07, 6.45) is 2.52. The highest BCUT2D eigenvalue weighted by Crippen LogP contribution is 2.82. The number of hydrogen-bond acceptors (Lipinski definition) is 6. The number of carbonyl (C=O) groups excluding carboxylic acids is 1. The molecule has 6 heteroatoms. The van der Waals surface area contributed by atoms with Gasteiger partial charge in [0.15, 0.2) is 5.60 Å². The van der Waals surface area contributed by atoms with Crippen LogP contribution in [0.1, 0.15) is 46.5 Å². The molecule has 4 heterocycles. The van der Waals surface area contributed by atoms with Crippen LogP contribution in [0.4, 0.5) is 0 Å². The third-order valence-electron chi connectivity index (χ3n) is 9.36. The number of rotatable bonds is 1. The third-order valence-corrected chi connectivity index (χ3v) is 9.36. The molecular formula is C21H26O6. The minimum absolute atomic E-state index is 0.000767. The smallest absolute Gasteiger partial charge is 0.310 e. The van der Waals surface area contributed by atoms with E-state index < -0.39 is 22.9 Å². The molecule has 0 bridgehead atoms. The highest BCUT2D eigenvalue weighted by molar-refractivity contribution is 5.74. The van der Waals surface area contributed by atoms with E-state index in [1.54, 1.807) is 0 Å². The molecule has 7 aliphatic rings. The highest BCUT2D eigenvalue weighted by atomic mass is 16.7. The Morgan fingerprint density at radius 3 is 2.78 bits per heavy atom. The van der Waals surface area contributed by atoms with Gasteiger partial charge in [-0.1, -0.05) is 26.3 Å². The number of fused-ring (bicyclic) bond motifs is 4. The zero-order valence-corrected chi connectivity index (χ0v) is 16.0. The molecule has 9 atom stereocenters. The van der Waals surface area contributed by atoms with Gasteiger partial charge in [0, 0.05) is 5.41 Å². The number of epoxide rings is 3. The second-order valence-electron chi connectivity index (χ2n) is 10.3. The first kappa shape index (κ1) is 15.9. The summed E-state index contributed by atoms with van der Waals surface area (Å²) >= 11 is 0. The number of ether oxygens (including phenoxy) is 4. The Hall–Kier alpha value is -0.950. The van der Waals surface area contributed by atoms with Gasteiger partial charge in [0.25, 0.3) is 0 Å². The monoisotopic (exact) mass is 374 g/mol. The van der Waals surface area contributed by atoms with Crippen molar-refractivity contribution >= 4 is 5.97 Å². The van der Waals surface area contributed by atoms with Gasteiger partial charge in [0.1, 0.15) is 36.1 Å². The van der Waals surface area contributed by atoms with Crippen LogP contribution in [0.25, 0.3) is 0 Å². The number of cyclic esters (lactones) is 1. The highest BCUT2D eigenvalue weighted by Gasteiger charge is 3.00. The molecule has 3 aliphatic carbocycles. The molecule has 0 aromatic heterocycles. The van der Waals surface area contributed by atoms with Crippen LogP contribution < -0.4 is 0 Å². The summed E-state index contributed by atoms with van der Waals surface area (Å²) < 4.78 is 24.5. The van der Waals surface area contributed by atoms with Crippen molar-refractivity contribution in [1.29, 1.82) is 0 Å². The molecule has 0 amide bonds. The Bertz CT molecular complexity index is 835. The number of aliphatic hydroxyl groups is 1. The van der Waals surface area contributed by atoms with Crippen molar-refractivity contribution in [3.05, 3.63) is 11.1 Å². The van der Waals surface area contributed by atoms with Crippen molar-refractivity contribution in [2.24, 2.45) is 17.3 Å². The standard InChI is InChI=1S/C21H26O6/c1-9(2)19-15(26-19)16-21(27-16)18(3)5-4-10-6-14(22)24-8-11(10)12(18)7-13-20(21,25-13)17(19)23/h9,12-13,15-17,23H,4-8H2,1-3H3/t12?,13-,15-,16-,17+,18-,19-,20+,21+/m0/s1. The zero-order chi connectivity index (χ0) is 18.6. The Kier molecular flexibility index (Phi) is 2.45. The second-order valence-corrected chi connectivity index (χ2v) is 10.3. The number of carbonyl (C=O) groups is 1. The molecule has 6 nitrogen and oxygen atoms in total. The van der Waals surface area contributed by atoms with Crippen molar-refractivity contribution in [1.82, 2.24) is 0 Å². The van der Waals surface area contributed by atoms with E-state index in [-0.39, 0.29) is 41.5 Å². The minimum atomic E-state index is -0.643. The molecule has 27 heavy (non-hydrogen) atoms. The van der Waals surface area contributed by atoms with Crippen LogP contribution in [0, 0.1) is 17.3 Å². The van der Waals surface area contributed by atoms with Crippen LogP contribution in [0.5, 0.6) is 0 Å². The maximum Gasteiger partial charge on any atom is 0.310 e. The molecule has 2 saturated carbocycles. The van der Waals surface area contributed by atoms with Gasteiger partial charge in [0.05, 0.1) is 12.5 Å². The second kappa shape index (κ2) is 4.16. The van der Waals surface area contributed by atoms with Gasteiger partial charge in [0.2, 0.25) is 0 Å². The van der Waals surface area contributed by atoms with Gasteiger partial charge >= 0.3 is 5.97 Å². The summed E-state index contributed by atoms with van der Waals surface area (Å²) in [4.78, 5) is 11.8. The van der Waals surface area contributed by atoms with Crippen LogP contribution in [0.2, 0.25) is 0 Å². The molecular weight excluding hydrogens is 348 g/mol. The number of aliphatic hydroxyl groups excluding tert-OH is 1. The van der Waals surface area contributed by atoms with Crippen LogP contribution in [0.15, 0.2) is 11.1 Å². The molecule has 3 saturated heterocycles. The lowest BCUT2D eigenvalue weighted by molar-refractivity contribution is -0.144. The lowest BCUT2D eigenvalue weighted by Crippen LogP contribution is -2.69. The SMILES string of the molecule is CC(C)[C@]12O[C@H]1[C@@H]1O[C@]13[C@]1(O[C@H]1CC1C4=C(CC[C@@]13C)CC(=O)OC4)[C@@H]2O. The maximum atomic E-state index is 11.8. The predicted octanol–water partition coefficient (Wildman–Crippen LogP) is 1.49. The Balaban J connectivity index is 1.36. The summed E-state index contributed by atoms with van der Waals surface area (Å²) in [6.45, 7) is 6.96. The average molecular weight is 374 g/mol. The van der Waals surface area contributed by atoms with Crippen LogP contribution in [0.3, 0.4) is 0 Å². The van der Waals surface area contributed by atoms with Crippen molar-refractivity contribution in [2.45, 2.75) is 87.7 Å². The molecule has 1 N–H and O–H groups in total. The van der Waals surface area contributed by atoms with Gasteiger partial charge < -0.3 is 24.1 Å². The molecule has 1 unspecified atom stereocenters. The van der Waals surface area contributed by atoms with Crippen molar-refractivity contribution < 1.29 is 28.8 Å². The molecule has 0 aromatic carbocycles. The minimum Gasteiger partial charge on any atom is -0.461 e. The molecule has 4 aliphatic heterocycles. The van der Waals surface area contributed by atoms with Gasteiger partial charge in [-0.3, -0.25) is 4.79 Å². The lowest BCUT2D eigenvalue weighted by Gasteiger charge is -2.54. The van der Waals surface area contributed by atoms with Crippen LogP contribution in [-0.4, -0.2) is 58.9 Å². The quantitative estimate of drug-likeness (QED) is 0.425. The average Bonchev–Trinajstić information content (AvgIpc) is 3.48. The summed E-state index contributed by atoms with van der Waals surface area (Å²) in [7, 11) is 0. The van der Waals surface area contributed by atoms with E-state index in [0.717, 1.165) is 19.3 Å². The number of hydrogen-bond donors (Lipinski definition) is 1. The molecule has 0 aromatic rings. The molecule has 0 radical (unpaired) electrons. The fraction of sp³-hybridized carbons (Fsp3) is 0.857. The number of esters is 1. The first-order valence-corrected chi connectivity index (χ1v) is 10.4. The first-order chi connectivity index (χ1) is 12.8. The Morgan fingerprint density at radius 1 is 1.19 bits per heavy atom. The zero-order valence-electron chi connectivity index (χ0n) is 16.0. The molecule has 2 spiro atoms. The summed E-state index contributed by atoms with van der Waals surface area (Å²) in [5.74, 6) is 0.408. The molecule has 146 valence electrons. The summed E-state index contributed by atoms with van der Waals surface area (Å²) in [5, 5.41) is 11.5. The fourth-order valence-electron chi connectivity index (χ4n) is 7.90. The van der Waals surface area contributed by atoms with E-state index in [9.17, 15) is 9.90 Å². The van der Waals surface area contributed by atoms with Gasteiger partial charge in [-0.05, 0) is 36.7 Å². The van der Waals surface area contributed by atoms with Crippen LogP contribution >= 0.6 is 0 Å². The fourth-order valence-corrected chi connectivity index (χ4v) is 7.90. The van der Waals surface area contributed by atoms with Gasteiger partial charge in [-0.25, -0.2) is 0 Å². The maximum absolute atomic E-state index is 11.8. The van der Waals surface area contributed by atoms with Gasteiger partial charge in [-0.15, -0.1) is 0 Å². The largest absolute Gasteiger partial charge is 0.461 e. The molecule has 5 fully saturated rings.